The number of anilines is 1. The van der Waals surface area contributed by atoms with E-state index in [2.05, 4.69) is 58.3 Å². The molecule has 10 nitrogen and oxygen atoms in total. The maximum Gasteiger partial charge on any atom is 0.272 e. The third-order valence-corrected chi connectivity index (χ3v) is 15.4. The number of carbonyl (C=O) groups is 3. The first-order valence-corrected chi connectivity index (χ1v) is 23.3. The van der Waals surface area contributed by atoms with E-state index in [-0.39, 0.29) is 39.9 Å². The third-order valence-electron chi connectivity index (χ3n) is 15.4. The topological polar surface area (TPSA) is 119 Å². The quantitative estimate of drug-likeness (QED) is 0.0921. The van der Waals surface area contributed by atoms with E-state index >= 15 is 4.39 Å². The SMILES string of the molecule is CC#C[C@]12CC[C@H]3[C@@H]4CCC5=CC(=O)CCC5=C4[C@@H](c4ccc(N(C)CCCCCC(=O)N5CCN(C(=O)c6cc(Cc7n[nH]c(=O)c8ccccc78)ccc6F)CC5)cc4)C[C@@]31O2. The summed E-state index contributed by atoms with van der Waals surface area (Å²) in [5, 5.41) is 8.01. The summed E-state index contributed by atoms with van der Waals surface area (Å²) < 4.78 is 21.8. The molecule has 10 rings (SSSR count). The highest BCUT2D eigenvalue weighted by Gasteiger charge is 2.79. The lowest BCUT2D eigenvalue weighted by Crippen LogP contribution is -2.50. The van der Waals surface area contributed by atoms with Crippen LogP contribution in [-0.2, 0) is 20.7 Å². The van der Waals surface area contributed by atoms with Crippen LogP contribution < -0.4 is 10.5 Å². The molecule has 1 aromatic heterocycles. The van der Waals surface area contributed by atoms with Crippen molar-refractivity contribution in [2.75, 3.05) is 44.7 Å². The second-order valence-electron chi connectivity index (χ2n) is 18.8. The Labute approximate surface area is 373 Å². The van der Waals surface area contributed by atoms with Gasteiger partial charge in [0, 0.05) is 76.0 Å². The Morgan fingerprint density at radius 1 is 0.938 bits per heavy atom. The van der Waals surface area contributed by atoms with Crippen LogP contribution in [0.3, 0.4) is 0 Å². The number of nitrogens with one attached hydrogen (secondary N) is 1. The number of fused-ring (bicyclic) bond motifs is 4. The molecule has 2 saturated carbocycles. The number of H-pyrrole nitrogens is 1. The number of hydrogen-bond donors (Lipinski definition) is 1. The van der Waals surface area contributed by atoms with E-state index < -0.39 is 11.7 Å². The predicted octanol–water partition coefficient (Wildman–Crippen LogP) is 8.06. The first-order valence-electron chi connectivity index (χ1n) is 23.3. The van der Waals surface area contributed by atoms with Gasteiger partial charge in [0.25, 0.3) is 11.5 Å². The average Bonchev–Trinajstić information content (AvgIpc) is 3.82. The molecule has 3 heterocycles. The summed E-state index contributed by atoms with van der Waals surface area (Å²) >= 11 is 0. The van der Waals surface area contributed by atoms with Crippen LogP contribution >= 0.6 is 0 Å². The predicted molar refractivity (Wildman–Crippen MR) is 244 cm³/mol. The van der Waals surface area contributed by atoms with Crippen LogP contribution in [0.15, 0.2) is 94.3 Å². The molecule has 3 aromatic carbocycles. The van der Waals surface area contributed by atoms with E-state index in [1.807, 2.05) is 30.0 Å². The minimum atomic E-state index is -0.593. The third kappa shape index (κ3) is 7.47. The van der Waals surface area contributed by atoms with Crippen LogP contribution in [0.25, 0.3) is 10.8 Å². The molecular formula is C53H56FN5O5. The fourth-order valence-electron chi connectivity index (χ4n) is 12.1. The lowest BCUT2D eigenvalue weighted by atomic mass is 9.57. The van der Waals surface area contributed by atoms with Gasteiger partial charge in [0.15, 0.2) is 11.4 Å². The Balaban J connectivity index is 0.704. The van der Waals surface area contributed by atoms with Gasteiger partial charge < -0.3 is 19.4 Å². The number of unbranched alkanes of at least 4 members (excludes halogenated alkanes) is 2. The van der Waals surface area contributed by atoms with Gasteiger partial charge >= 0.3 is 0 Å². The molecule has 0 unspecified atom stereocenters. The smallest absolute Gasteiger partial charge is 0.272 e. The van der Waals surface area contributed by atoms with Crippen LogP contribution in [-0.4, -0.2) is 88.6 Å². The molecule has 11 heteroatoms. The Morgan fingerprint density at radius 3 is 2.52 bits per heavy atom. The summed E-state index contributed by atoms with van der Waals surface area (Å²) in [6.45, 7) is 4.32. The number of epoxide rings is 1. The fourth-order valence-corrected chi connectivity index (χ4v) is 12.1. The van der Waals surface area contributed by atoms with Crippen molar-refractivity contribution in [1.82, 2.24) is 20.0 Å². The number of benzene rings is 3. The van der Waals surface area contributed by atoms with Crippen LogP contribution in [0.4, 0.5) is 10.1 Å². The van der Waals surface area contributed by atoms with Crippen LogP contribution in [0.1, 0.15) is 111 Å². The second kappa shape index (κ2) is 16.9. The summed E-state index contributed by atoms with van der Waals surface area (Å²) in [5.74, 6) is 7.30. The first kappa shape index (κ1) is 42.1. The number of ether oxygens (including phenoxy) is 1. The van der Waals surface area contributed by atoms with Crippen molar-refractivity contribution in [3.63, 3.8) is 0 Å². The number of ketones is 1. The zero-order valence-corrected chi connectivity index (χ0v) is 36.9. The first-order chi connectivity index (χ1) is 31.1. The number of carbonyl (C=O) groups excluding carboxylic acids is 3. The van der Waals surface area contributed by atoms with Crippen LogP contribution in [0.2, 0.25) is 0 Å². The molecule has 6 aliphatic rings. The molecule has 2 amide bonds. The van der Waals surface area contributed by atoms with E-state index in [1.165, 1.54) is 28.5 Å². The number of nitrogens with zero attached hydrogens (tertiary/aromatic N) is 4. The van der Waals surface area contributed by atoms with E-state index in [1.54, 1.807) is 34.7 Å². The highest BCUT2D eigenvalue weighted by molar-refractivity contribution is 5.95. The molecule has 2 aliphatic heterocycles. The lowest BCUT2D eigenvalue weighted by molar-refractivity contribution is -0.132. The van der Waals surface area contributed by atoms with Gasteiger partial charge in [0.1, 0.15) is 11.4 Å². The number of piperazine rings is 1. The summed E-state index contributed by atoms with van der Waals surface area (Å²) in [4.78, 5) is 57.2. The molecule has 0 bridgehead atoms. The molecule has 330 valence electrons. The molecule has 1 N–H and O–H groups in total. The van der Waals surface area contributed by atoms with Gasteiger partial charge in [-0.25, -0.2) is 9.49 Å². The lowest BCUT2D eigenvalue weighted by Gasteiger charge is -2.46. The van der Waals surface area contributed by atoms with E-state index in [9.17, 15) is 19.2 Å². The van der Waals surface area contributed by atoms with Gasteiger partial charge in [0.05, 0.1) is 16.6 Å². The summed E-state index contributed by atoms with van der Waals surface area (Å²) in [7, 11) is 2.13. The monoisotopic (exact) mass is 861 g/mol. The molecule has 4 fully saturated rings. The van der Waals surface area contributed by atoms with Crippen molar-refractivity contribution in [1.29, 1.82) is 0 Å². The minimum Gasteiger partial charge on any atom is -0.375 e. The van der Waals surface area contributed by atoms with E-state index in [0.717, 1.165) is 64.3 Å². The normalized spacial score (nSPS) is 25.7. The Bertz CT molecular complexity index is 2720. The van der Waals surface area contributed by atoms with Crippen molar-refractivity contribution in [2.24, 2.45) is 11.8 Å². The Morgan fingerprint density at radius 2 is 1.72 bits per heavy atom. The molecule has 1 spiro atoms. The van der Waals surface area contributed by atoms with Gasteiger partial charge in [0.2, 0.25) is 5.91 Å². The molecule has 2 saturated heterocycles. The maximum absolute atomic E-state index is 15.0. The number of amides is 2. The van der Waals surface area contributed by atoms with Gasteiger partial charge in [-0.15, -0.1) is 5.92 Å². The standard InChI is InChI=1S/C53H56FN5O5/c1-3-23-52-24-22-45-42-19-15-36-32-38(60)18-20-39(36)49(42)44(33-53(45,52)64-52)35-13-16-37(17-14-35)57(2)25-8-4-5-11-48(61)58-26-28-59(29-27-58)51(63)43-30-34(12-21-46(43)54)31-47-40-9-6-7-10-41(40)50(62)56-55-47/h6-7,9-10,12-14,16-17,21,30,32,42,44-45H,4-5,8,11,15,18-20,22,24-29,31,33H2,1-2H3,(H,56,62)/t42-,44+,45-,52-,53+/m0/s1. The number of rotatable bonds is 11. The Hall–Kier alpha value is -5.86. The Kier molecular flexibility index (Phi) is 11.1. The zero-order chi connectivity index (χ0) is 44.2. The van der Waals surface area contributed by atoms with Gasteiger partial charge in [-0.05, 0) is 129 Å². The van der Waals surface area contributed by atoms with E-state index in [4.69, 9.17) is 4.74 Å². The number of halogens is 1. The zero-order valence-electron chi connectivity index (χ0n) is 36.9. The van der Waals surface area contributed by atoms with Crippen LogP contribution in [0.5, 0.6) is 0 Å². The number of aromatic nitrogens is 2. The molecule has 5 atom stereocenters. The van der Waals surface area contributed by atoms with Crippen LogP contribution in [0, 0.1) is 29.5 Å². The molecular weight excluding hydrogens is 806 g/mol. The average molecular weight is 862 g/mol. The fraction of sp³-hybridized carbons (Fsp3) is 0.453. The van der Waals surface area contributed by atoms with Crippen molar-refractivity contribution < 1.29 is 23.5 Å². The highest BCUT2D eigenvalue weighted by atomic mass is 19.1. The van der Waals surface area contributed by atoms with E-state index in [0.29, 0.717) is 79.3 Å². The molecule has 64 heavy (non-hydrogen) atoms. The number of allylic oxidation sites excluding steroid dienone is 4. The number of hydrogen-bond acceptors (Lipinski definition) is 7. The summed E-state index contributed by atoms with van der Waals surface area (Å²) in [6, 6.07) is 20.8. The van der Waals surface area contributed by atoms with Gasteiger partial charge in [-0.2, -0.15) is 5.10 Å². The molecule has 0 radical (unpaired) electrons. The molecule has 4 aromatic rings. The van der Waals surface area contributed by atoms with Gasteiger partial charge in [-0.1, -0.05) is 54.3 Å². The van der Waals surface area contributed by atoms with Crippen molar-refractivity contribution >= 4 is 34.1 Å². The van der Waals surface area contributed by atoms with Crippen molar-refractivity contribution in [3.05, 3.63) is 128 Å². The van der Waals surface area contributed by atoms with Gasteiger partial charge in [-0.3, -0.25) is 19.2 Å². The number of aromatic amines is 1. The minimum absolute atomic E-state index is 0.00826. The largest absolute Gasteiger partial charge is 0.375 e. The second-order valence-corrected chi connectivity index (χ2v) is 18.8. The summed E-state index contributed by atoms with van der Waals surface area (Å²) in [5.41, 5.74) is 7.40. The highest BCUT2D eigenvalue weighted by Crippen LogP contribution is 2.73. The van der Waals surface area contributed by atoms with Crippen molar-refractivity contribution in [3.8, 4) is 11.8 Å². The summed E-state index contributed by atoms with van der Waals surface area (Å²) in [6.07, 6.45) is 12.1. The maximum atomic E-state index is 15.0. The van der Waals surface area contributed by atoms with Crippen molar-refractivity contribution in [2.45, 2.75) is 101 Å². The molecule has 4 aliphatic carbocycles.